The van der Waals surface area contributed by atoms with Gasteiger partial charge in [-0.15, -0.1) is 0 Å². The van der Waals surface area contributed by atoms with E-state index in [0.717, 1.165) is 35.5 Å². The van der Waals surface area contributed by atoms with Crippen molar-refractivity contribution in [2.24, 2.45) is 5.73 Å². The van der Waals surface area contributed by atoms with Gasteiger partial charge in [0.1, 0.15) is 5.82 Å². The van der Waals surface area contributed by atoms with Crippen LogP contribution in [0, 0.1) is 0 Å². The van der Waals surface area contributed by atoms with Crippen LogP contribution < -0.4 is 16.4 Å². The van der Waals surface area contributed by atoms with E-state index in [9.17, 15) is 4.79 Å². The number of benzene rings is 1. The summed E-state index contributed by atoms with van der Waals surface area (Å²) in [4.78, 5) is 15.3. The minimum absolute atomic E-state index is 0.00649. The Balaban J connectivity index is 1.99. The first-order chi connectivity index (χ1) is 10.7. The molecule has 0 saturated carbocycles. The summed E-state index contributed by atoms with van der Waals surface area (Å²) >= 11 is 0. The highest BCUT2D eigenvalue weighted by Crippen LogP contribution is 2.22. The summed E-state index contributed by atoms with van der Waals surface area (Å²) in [6.07, 6.45) is 2.69. The lowest BCUT2D eigenvalue weighted by Gasteiger charge is -2.12. The molecule has 1 aromatic heterocycles. The molecular formula is C17H22N4O. The molecule has 5 heteroatoms. The molecule has 0 aliphatic carbocycles. The molecule has 0 aliphatic rings. The van der Waals surface area contributed by atoms with Gasteiger partial charge in [-0.3, -0.25) is 4.79 Å². The van der Waals surface area contributed by atoms with Crippen molar-refractivity contribution in [2.75, 3.05) is 18.4 Å². The zero-order valence-corrected chi connectivity index (χ0v) is 12.8. The van der Waals surface area contributed by atoms with E-state index in [1.807, 2.05) is 24.4 Å². The Morgan fingerprint density at radius 3 is 2.64 bits per heavy atom. The lowest BCUT2D eigenvalue weighted by atomic mass is 10.1. The number of carbonyl (C=O) groups is 1. The van der Waals surface area contributed by atoms with Gasteiger partial charge in [-0.2, -0.15) is 0 Å². The Labute approximate surface area is 130 Å². The van der Waals surface area contributed by atoms with Crippen LogP contribution in [0.2, 0.25) is 0 Å². The molecule has 4 N–H and O–H groups in total. The molecule has 0 radical (unpaired) electrons. The fourth-order valence-corrected chi connectivity index (χ4v) is 2.17. The number of nitrogens with one attached hydrogen (secondary N) is 2. The predicted octanol–water partition coefficient (Wildman–Crippen LogP) is 2.15. The van der Waals surface area contributed by atoms with Crippen LogP contribution in [0.15, 0.2) is 42.6 Å². The first-order valence-electron chi connectivity index (χ1n) is 7.43. The number of rotatable bonds is 7. The van der Waals surface area contributed by atoms with Gasteiger partial charge in [0.15, 0.2) is 0 Å². The Morgan fingerprint density at radius 2 is 1.95 bits per heavy atom. The van der Waals surface area contributed by atoms with Crippen LogP contribution in [-0.4, -0.2) is 24.0 Å². The number of amides is 1. The topological polar surface area (TPSA) is 80.0 Å². The minimum atomic E-state index is -0.00649. The molecule has 0 saturated heterocycles. The summed E-state index contributed by atoms with van der Waals surface area (Å²) in [6, 6.07) is 12.2. The van der Waals surface area contributed by atoms with Crippen LogP contribution in [0.5, 0.6) is 0 Å². The molecule has 0 spiro atoms. The first-order valence-corrected chi connectivity index (χ1v) is 7.43. The van der Waals surface area contributed by atoms with E-state index in [4.69, 9.17) is 5.73 Å². The predicted molar refractivity (Wildman–Crippen MR) is 89.4 cm³/mol. The molecule has 1 aromatic carbocycles. The molecule has 0 unspecified atom stereocenters. The highest BCUT2D eigenvalue weighted by Gasteiger charge is 2.05. The average Bonchev–Trinajstić information content (AvgIpc) is 2.55. The lowest BCUT2D eigenvalue weighted by Crippen LogP contribution is -2.23. The van der Waals surface area contributed by atoms with Crippen molar-refractivity contribution in [3.8, 4) is 11.1 Å². The van der Waals surface area contributed by atoms with Gasteiger partial charge in [0, 0.05) is 43.9 Å². The van der Waals surface area contributed by atoms with Crippen LogP contribution in [0.25, 0.3) is 11.1 Å². The number of pyridine rings is 1. The maximum atomic E-state index is 10.8. The lowest BCUT2D eigenvalue weighted by molar-refractivity contribution is -0.118. The highest BCUT2D eigenvalue weighted by atomic mass is 16.1. The van der Waals surface area contributed by atoms with Crippen LogP contribution in [0.3, 0.4) is 0 Å². The van der Waals surface area contributed by atoms with Crippen molar-refractivity contribution >= 4 is 11.7 Å². The van der Waals surface area contributed by atoms with E-state index in [-0.39, 0.29) is 5.91 Å². The third-order valence-corrected chi connectivity index (χ3v) is 3.31. The second-order valence-corrected chi connectivity index (χ2v) is 5.07. The smallest absolute Gasteiger partial charge is 0.216 e. The molecule has 2 rings (SSSR count). The monoisotopic (exact) mass is 298 g/mol. The van der Waals surface area contributed by atoms with Gasteiger partial charge in [-0.05, 0) is 18.1 Å². The molecule has 22 heavy (non-hydrogen) atoms. The van der Waals surface area contributed by atoms with E-state index in [1.54, 1.807) is 0 Å². The maximum absolute atomic E-state index is 10.8. The second-order valence-electron chi connectivity index (χ2n) is 5.07. The van der Waals surface area contributed by atoms with Crippen molar-refractivity contribution in [3.63, 3.8) is 0 Å². The number of anilines is 1. The standard InChI is InChI=1S/C17H22N4O/c1-13(22)19-8-5-9-20-17-15(11-18)10-16(12-21-17)14-6-3-2-4-7-14/h2-4,6-7,10,12H,5,8-9,11,18H2,1H3,(H,19,22)(H,20,21). The third kappa shape index (κ3) is 4.56. The fourth-order valence-electron chi connectivity index (χ4n) is 2.17. The summed E-state index contributed by atoms with van der Waals surface area (Å²) < 4.78 is 0. The highest BCUT2D eigenvalue weighted by molar-refractivity contribution is 5.72. The van der Waals surface area contributed by atoms with E-state index in [2.05, 4.69) is 33.8 Å². The SMILES string of the molecule is CC(=O)NCCCNc1ncc(-c2ccccc2)cc1CN. The van der Waals surface area contributed by atoms with E-state index >= 15 is 0 Å². The zero-order chi connectivity index (χ0) is 15.8. The van der Waals surface area contributed by atoms with E-state index in [1.165, 1.54) is 6.92 Å². The molecule has 2 aromatic rings. The Morgan fingerprint density at radius 1 is 1.18 bits per heavy atom. The number of nitrogens with two attached hydrogens (primary N) is 1. The molecule has 0 aliphatic heterocycles. The van der Waals surface area contributed by atoms with E-state index < -0.39 is 0 Å². The molecule has 1 heterocycles. The van der Waals surface area contributed by atoms with Crippen molar-refractivity contribution in [1.29, 1.82) is 0 Å². The summed E-state index contributed by atoms with van der Waals surface area (Å²) in [7, 11) is 0. The molecule has 5 nitrogen and oxygen atoms in total. The van der Waals surface area contributed by atoms with Crippen LogP contribution in [-0.2, 0) is 11.3 Å². The van der Waals surface area contributed by atoms with Gasteiger partial charge in [-0.1, -0.05) is 30.3 Å². The quantitative estimate of drug-likeness (QED) is 0.684. The second kappa shape index (κ2) is 8.14. The zero-order valence-electron chi connectivity index (χ0n) is 12.8. The number of hydrogen-bond donors (Lipinski definition) is 3. The van der Waals surface area contributed by atoms with Gasteiger partial charge >= 0.3 is 0 Å². The minimum Gasteiger partial charge on any atom is -0.370 e. The van der Waals surface area contributed by atoms with Gasteiger partial charge < -0.3 is 16.4 Å². The number of hydrogen-bond acceptors (Lipinski definition) is 4. The van der Waals surface area contributed by atoms with Gasteiger partial charge in [0.25, 0.3) is 0 Å². The van der Waals surface area contributed by atoms with Crippen molar-refractivity contribution in [1.82, 2.24) is 10.3 Å². The Bertz CT molecular complexity index is 613. The molecule has 1 amide bonds. The summed E-state index contributed by atoms with van der Waals surface area (Å²) in [5, 5.41) is 6.04. The average molecular weight is 298 g/mol. The van der Waals surface area contributed by atoms with Gasteiger partial charge in [-0.25, -0.2) is 4.98 Å². The third-order valence-electron chi connectivity index (χ3n) is 3.31. The van der Waals surface area contributed by atoms with Crippen molar-refractivity contribution in [3.05, 3.63) is 48.2 Å². The van der Waals surface area contributed by atoms with Crippen molar-refractivity contribution < 1.29 is 4.79 Å². The number of nitrogens with zero attached hydrogens (tertiary/aromatic N) is 1. The Hall–Kier alpha value is -2.40. The first kappa shape index (κ1) is 16.0. The molecule has 0 bridgehead atoms. The molecule has 116 valence electrons. The van der Waals surface area contributed by atoms with Crippen LogP contribution in [0.4, 0.5) is 5.82 Å². The summed E-state index contributed by atoms with van der Waals surface area (Å²) in [5.41, 5.74) is 9.00. The Kier molecular flexibility index (Phi) is 5.91. The van der Waals surface area contributed by atoms with E-state index in [0.29, 0.717) is 13.1 Å². The molecule has 0 fully saturated rings. The number of carbonyl (C=O) groups excluding carboxylic acids is 1. The van der Waals surface area contributed by atoms with Crippen LogP contribution in [0.1, 0.15) is 18.9 Å². The van der Waals surface area contributed by atoms with Crippen molar-refractivity contribution in [2.45, 2.75) is 19.9 Å². The van der Waals surface area contributed by atoms with Crippen LogP contribution >= 0.6 is 0 Å². The molecule has 0 atom stereocenters. The maximum Gasteiger partial charge on any atom is 0.216 e. The fraction of sp³-hybridized carbons (Fsp3) is 0.294. The summed E-state index contributed by atoms with van der Waals surface area (Å²) in [5.74, 6) is 0.804. The number of aromatic nitrogens is 1. The summed E-state index contributed by atoms with van der Waals surface area (Å²) in [6.45, 7) is 3.35. The normalized spacial score (nSPS) is 10.3. The molecular weight excluding hydrogens is 276 g/mol. The largest absolute Gasteiger partial charge is 0.370 e. The van der Waals surface area contributed by atoms with Gasteiger partial charge in [0.2, 0.25) is 5.91 Å². The van der Waals surface area contributed by atoms with Gasteiger partial charge in [0.05, 0.1) is 0 Å².